The molecule has 3 rings (SSSR count). The van der Waals surface area contributed by atoms with E-state index in [9.17, 15) is 13.2 Å². The van der Waals surface area contributed by atoms with Crippen molar-refractivity contribution in [2.75, 3.05) is 42.7 Å². The fourth-order valence-corrected chi connectivity index (χ4v) is 5.53. The second kappa shape index (κ2) is 8.95. The van der Waals surface area contributed by atoms with Crippen LogP contribution in [0.4, 0.5) is 11.4 Å². The SMILES string of the molecule is CSc1ccc(S(=O)(=O)N2CCN(c3cc(Cl)ccc3C)CC2)cc1NC(C)=O. The topological polar surface area (TPSA) is 69.7 Å². The summed E-state index contributed by atoms with van der Waals surface area (Å²) in [6.07, 6.45) is 1.88. The number of carbonyl (C=O) groups excluding carboxylic acids is 1. The van der Waals surface area contributed by atoms with Gasteiger partial charge in [-0.1, -0.05) is 17.7 Å². The lowest BCUT2D eigenvalue weighted by molar-refractivity contribution is -0.114. The van der Waals surface area contributed by atoms with Crippen LogP contribution in [0.5, 0.6) is 0 Å². The third kappa shape index (κ3) is 4.88. The van der Waals surface area contributed by atoms with E-state index in [4.69, 9.17) is 11.6 Å². The van der Waals surface area contributed by atoms with Crippen molar-refractivity contribution >= 4 is 50.7 Å². The van der Waals surface area contributed by atoms with Gasteiger partial charge in [0, 0.05) is 48.7 Å². The van der Waals surface area contributed by atoms with Crippen molar-refractivity contribution in [1.82, 2.24) is 4.31 Å². The molecule has 0 aromatic heterocycles. The van der Waals surface area contributed by atoms with E-state index in [-0.39, 0.29) is 10.8 Å². The fourth-order valence-electron chi connectivity index (χ4n) is 3.38. The first kappa shape index (κ1) is 22.0. The second-order valence-corrected chi connectivity index (χ2v) is 10.1. The Morgan fingerprint density at radius 1 is 1.10 bits per heavy atom. The summed E-state index contributed by atoms with van der Waals surface area (Å²) in [5, 5.41) is 3.38. The monoisotopic (exact) mass is 453 g/mol. The Balaban J connectivity index is 1.79. The van der Waals surface area contributed by atoms with Gasteiger partial charge in [0.2, 0.25) is 15.9 Å². The molecule has 2 aromatic rings. The first-order valence-corrected chi connectivity index (χ1v) is 12.2. The van der Waals surface area contributed by atoms with Crippen LogP contribution in [0, 0.1) is 6.92 Å². The molecule has 0 unspecified atom stereocenters. The molecule has 1 aliphatic rings. The van der Waals surface area contributed by atoms with E-state index in [0.717, 1.165) is 16.1 Å². The number of rotatable bonds is 5. The van der Waals surface area contributed by atoms with Gasteiger partial charge >= 0.3 is 0 Å². The number of benzene rings is 2. The number of halogens is 1. The summed E-state index contributed by atoms with van der Waals surface area (Å²) in [6, 6.07) is 10.6. The van der Waals surface area contributed by atoms with Gasteiger partial charge in [-0.25, -0.2) is 8.42 Å². The lowest BCUT2D eigenvalue weighted by Gasteiger charge is -2.36. The highest BCUT2D eigenvalue weighted by atomic mass is 35.5. The summed E-state index contributed by atoms with van der Waals surface area (Å²) in [6.45, 7) is 5.36. The number of piperazine rings is 1. The molecule has 0 radical (unpaired) electrons. The molecule has 9 heteroatoms. The lowest BCUT2D eigenvalue weighted by Crippen LogP contribution is -2.48. The second-order valence-electron chi connectivity index (χ2n) is 6.87. The Morgan fingerprint density at radius 3 is 2.41 bits per heavy atom. The third-order valence-electron chi connectivity index (χ3n) is 4.87. The van der Waals surface area contributed by atoms with Gasteiger partial charge < -0.3 is 10.2 Å². The van der Waals surface area contributed by atoms with Crippen LogP contribution in [0.2, 0.25) is 5.02 Å². The highest BCUT2D eigenvalue weighted by molar-refractivity contribution is 7.98. The molecule has 1 N–H and O–H groups in total. The van der Waals surface area contributed by atoms with E-state index < -0.39 is 10.0 Å². The van der Waals surface area contributed by atoms with Crippen LogP contribution in [0.25, 0.3) is 0 Å². The number of thioether (sulfide) groups is 1. The first-order chi connectivity index (χ1) is 13.7. The zero-order valence-corrected chi connectivity index (χ0v) is 19.0. The molecule has 0 bridgehead atoms. The molecular weight excluding hydrogens is 430 g/mol. The van der Waals surface area contributed by atoms with E-state index >= 15 is 0 Å². The third-order valence-corrected chi connectivity index (χ3v) is 7.80. The van der Waals surface area contributed by atoms with E-state index in [1.54, 1.807) is 12.1 Å². The van der Waals surface area contributed by atoms with Crippen LogP contribution in [-0.4, -0.2) is 51.1 Å². The normalized spacial score (nSPS) is 15.4. The number of hydrogen-bond donors (Lipinski definition) is 1. The Labute approximate surface area is 181 Å². The molecule has 0 aliphatic carbocycles. The summed E-state index contributed by atoms with van der Waals surface area (Å²) < 4.78 is 27.8. The van der Waals surface area contributed by atoms with Gasteiger partial charge in [-0.15, -0.1) is 11.8 Å². The number of anilines is 2. The number of nitrogens with zero attached hydrogens (tertiary/aromatic N) is 2. The van der Waals surface area contributed by atoms with E-state index in [1.165, 1.54) is 29.1 Å². The summed E-state index contributed by atoms with van der Waals surface area (Å²) in [5.74, 6) is -0.236. The average molecular weight is 454 g/mol. The van der Waals surface area contributed by atoms with Crippen molar-refractivity contribution < 1.29 is 13.2 Å². The summed E-state index contributed by atoms with van der Waals surface area (Å²) >= 11 is 7.58. The highest BCUT2D eigenvalue weighted by Crippen LogP contribution is 2.31. The fraction of sp³-hybridized carbons (Fsp3) is 0.350. The van der Waals surface area contributed by atoms with Crippen molar-refractivity contribution in [3.05, 3.63) is 47.0 Å². The Bertz CT molecular complexity index is 1020. The van der Waals surface area contributed by atoms with Crippen molar-refractivity contribution in [3.8, 4) is 0 Å². The Hall–Kier alpha value is -1.74. The van der Waals surface area contributed by atoms with Crippen molar-refractivity contribution in [3.63, 3.8) is 0 Å². The minimum absolute atomic E-state index is 0.187. The number of aryl methyl sites for hydroxylation is 1. The summed E-state index contributed by atoms with van der Waals surface area (Å²) in [4.78, 5) is 14.6. The lowest BCUT2D eigenvalue weighted by atomic mass is 10.1. The minimum atomic E-state index is -3.65. The van der Waals surface area contributed by atoms with Crippen LogP contribution >= 0.6 is 23.4 Å². The molecule has 156 valence electrons. The summed E-state index contributed by atoms with van der Waals surface area (Å²) in [7, 11) is -3.65. The van der Waals surface area contributed by atoms with Gasteiger partial charge in [-0.3, -0.25) is 4.79 Å². The van der Waals surface area contributed by atoms with Crippen LogP contribution < -0.4 is 10.2 Å². The number of sulfonamides is 1. The van der Waals surface area contributed by atoms with Gasteiger partial charge in [0.15, 0.2) is 0 Å². The van der Waals surface area contributed by atoms with Crippen molar-refractivity contribution in [2.45, 2.75) is 23.6 Å². The smallest absolute Gasteiger partial charge is 0.243 e. The molecule has 29 heavy (non-hydrogen) atoms. The van der Waals surface area contributed by atoms with Gasteiger partial charge in [-0.2, -0.15) is 4.31 Å². The number of hydrogen-bond acceptors (Lipinski definition) is 5. The molecule has 0 atom stereocenters. The van der Waals surface area contributed by atoms with Gasteiger partial charge in [0.25, 0.3) is 0 Å². The number of carbonyl (C=O) groups is 1. The van der Waals surface area contributed by atoms with Crippen LogP contribution in [0.15, 0.2) is 46.2 Å². The zero-order chi connectivity index (χ0) is 21.2. The average Bonchev–Trinajstić information content (AvgIpc) is 2.69. The van der Waals surface area contributed by atoms with Gasteiger partial charge in [-0.05, 0) is 49.1 Å². The quantitative estimate of drug-likeness (QED) is 0.696. The largest absolute Gasteiger partial charge is 0.369 e. The molecule has 0 spiro atoms. The minimum Gasteiger partial charge on any atom is -0.369 e. The predicted molar refractivity (Wildman–Crippen MR) is 120 cm³/mol. The molecule has 2 aromatic carbocycles. The maximum Gasteiger partial charge on any atom is 0.243 e. The van der Waals surface area contributed by atoms with E-state index in [2.05, 4.69) is 10.2 Å². The molecule has 0 saturated carbocycles. The summed E-state index contributed by atoms with van der Waals surface area (Å²) in [5.41, 5.74) is 2.66. The maximum atomic E-state index is 13.2. The number of nitrogens with one attached hydrogen (secondary N) is 1. The van der Waals surface area contributed by atoms with Gasteiger partial charge in [0.05, 0.1) is 10.6 Å². The Morgan fingerprint density at radius 2 is 1.79 bits per heavy atom. The Kier molecular flexibility index (Phi) is 6.78. The van der Waals surface area contributed by atoms with E-state index in [0.29, 0.717) is 36.9 Å². The predicted octanol–water partition coefficient (Wildman–Crippen LogP) is 3.84. The van der Waals surface area contributed by atoms with Crippen molar-refractivity contribution in [1.29, 1.82) is 0 Å². The standard InChI is InChI=1S/C20H24ClN3O3S2/c1-14-4-5-16(21)12-19(14)23-8-10-24(11-9-23)29(26,27)17-6-7-20(28-3)18(13-17)22-15(2)25/h4-7,12-13H,8-11H2,1-3H3,(H,22,25). The molecule has 1 amide bonds. The first-order valence-electron chi connectivity index (χ1n) is 9.19. The van der Waals surface area contributed by atoms with Crippen LogP contribution in [0.1, 0.15) is 12.5 Å². The molecule has 1 fully saturated rings. The maximum absolute atomic E-state index is 13.2. The van der Waals surface area contributed by atoms with Crippen LogP contribution in [0.3, 0.4) is 0 Å². The molecular formula is C20H24ClN3O3S2. The van der Waals surface area contributed by atoms with Gasteiger partial charge in [0.1, 0.15) is 0 Å². The molecule has 6 nitrogen and oxygen atoms in total. The van der Waals surface area contributed by atoms with Crippen molar-refractivity contribution in [2.24, 2.45) is 0 Å². The van der Waals surface area contributed by atoms with Crippen LogP contribution in [-0.2, 0) is 14.8 Å². The molecule has 1 aliphatic heterocycles. The highest BCUT2D eigenvalue weighted by Gasteiger charge is 2.29. The number of amides is 1. The molecule has 1 saturated heterocycles. The zero-order valence-electron chi connectivity index (χ0n) is 16.6. The molecule has 1 heterocycles. The van der Waals surface area contributed by atoms with E-state index in [1.807, 2.05) is 31.4 Å².